The first-order valence-corrected chi connectivity index (χ1v) is 6.99. The van der Waals surface area contributed by atoms with Gasteiger partial charge in [0.2, 0.25) is 5.91 Å². The molecule has 0 bridgehead atoms. The summed E-state index contributed by atoms with van der Waals surface area (Å²) in [6.07, 6.45) is 6.01. The first-order chi connectivity index (χ1) is 8.29. The molecule has 0 aromatic rings. The van der Waals surface area contributed by atoms with Crippen LogP contribution in [0.3, 0.4) is 0 Å². The Kier molecular flexibility index (Phi) is 5.06. The first kappa shape index (κ1) is 15.3. The molecular weight excluding hydrogens is 221 g/mol. The van der Waals surface area contributed by atoms with E-state index in [2.05, 4.69) is 26.8 Å². The van der Waals surface area contributed by atoms with E-state index in [1.54, 1.807) is 0 Å². The van der Waals surface area contributed by atoms with Crippen LogP contribution in [0.1, 0.15) is 53.4 Å². The Morgan fingerprint density at radius 2 is 2.11 bits per heavy atom. The molecule has 1 amide bonds. The molecule has 1 aliphatic rings. The number of nitrogens with zero attached hydrogens (tertiary/aromatic N) is 1. The quantitative estimate of drug-likeness (QED) is 0.553. The molecule has 2 nitrogen and oxygen atoms in total. The number of rotatable bonds is 3. The summed E-state index contributed by atoms with van der Waals surface area (Å²) >= 11 is 0. The maximum atomic E-state index is 11.9. The summed E-state index contributed by atoms with van der Waals surface area (Å²) in [5, 5.41) is -0.206. The van der Waals surface area contributed by atoms with Crippen LogP contribution in [0.25, 0.3) is 0 Å². The second-order valence-electron chi connectivity index (χ2n) is 6.09. The zero-order valence-corrected chi connectivity index (χ0v) is 12.5. The summed E-state index contributed by atoms with van der Waals surface area (Å²) in [4.78, 5) is 13.8. The summed E-state index contributed by atoms with van der Waals surface area (Å²) < 4.78 is 0. The lowest BCUT2D eigenvalue weighted by atomic mass is 9.54. The van der Waals surface area contributed by atoms with Gasteiger partial charge in [-0.1, -0.05) is 43.7 Å². The zero-order valence-electron chi connectivity index (χ0n) is 12.5. The van der Waals surface area contributed by atoms with E-state index in [1.807, 2.05) is 18.9 Å². The van der Waals surface area contributed by atoms with Crippen molar-refractivity contribution in [2.75, 3.05) is 7.05 Å². The van der Waals surface area contributed by atoms with Crippen LogP contribution in [0, 0.1) is 5.92 Å². The second kappa shape index (κ2) is 5.94. The third-order valence-electron chi connectivity index (χ3n) is 4.10. The van der Waals surface area contributed by atoms with E-state index in [0.29, 0.717) is 6.42 Å². The third-order valence-corrected chi connectivity index (χ3v) is 4.10. The minimum atomic E-state index is -0.206. The van der Waals surface area contributed by atoms with Gasteiger partial charge in [-0.25, -0.2) is 0 Å². The number of hydrogen-bond donors (Lipinski definition) is 0. The maximum absolute atomic E-state index is 11.9. The van der Waals surface area contributed by atoms with Crippen molar-refractivity contribution in [3.63, 3.8) is 0 Å². The highest BCUT2D eigenvalue weighted by Crippen LogP contribution is 2.47. The Morgan fingerprint density at radius 1 is 1.50 bits per heavy atom. The molecule has 0 heterocycles. The molecule has 1 aliphatic carbocycles. The minimum absolute atomic E-state index is 0.206. The van der Waals surface area contributed by atoms with Gasteiger partial charge in [0.25, 0.3) is 0 Å². The fourth-order valence-corrected chi connectivity index (χ4v) is 3.01. The first-order valence-electron chi connectivity index (χ1n) is 6.99. The second-order valence-corrected chi connectivity index (χ2v) is 6.09. The van der Waals surface area contributed by atoms with Gasteiger partial charge in [-0.05, 0) is 26.2 Å². The van der Waals surface area contributed by atoms with Crippen LogP contribution in [0.15, 0.2) is 11.6 Å². The molecule has 1 rings (SSSR count). The van der Waals surface area contributed by atoms with E-state index >= 15 is 0 Å². The maximum Gasteiger partial charge on any atom is 0.222 e. The molecule has 0 spiro atoms. The fraction of sp³-hybridized carbons (Fsp3) is 0.800. The van der Waals surface area contributed by atoms with Crippen molar-refractivity contribution in [3.8, 4) is 0 Å². The highest BCUT2D eigenvalue weighted by atomic mass is 16.2. The van der Waals surface area contributed by atoms with Crippen molar-refractivity contribution in [1.82, 2.24) is 4.90 Å². The lowest BCUT2D eigenvalue weighted by Crippen LogP contribution is -2.47. The smallest absolute Gasteiger partial charge is 0.222 e. The Hall–Kier alpha value is -0.725. The lowest BCUT2D eigenvalue weighted by molar-refractivity contribution is -0.133. The van der Waals surface area contributed by atoms with Crippen LogP contribution in [0.5, 0.6) is 0 Å². The number of carbonyl (C=O) groups is 1. The van der Waals surface area contributed by atoms with Crippen molar-refractivity contribution < 1.29 is 4.79 Å². The van der Waals surface area contributed by atoms with Gasteiger partial charge in [0, 0.05) is 19.5 Å². The Bertz CT molecular complexity index is 331. The zero-order chi connectivity index (χ0) is 13.9. The topological polar surface area (TPSA) is 20.3 Å². The number of amides is 1. The van der Waals surface area contributed by atoms with Crippen LogP contribution < -0.4 is 0 Å². The van der Waals surface area contributed by atoms with Gasteiger partial charge < -0.3 is 4.90 Å². The SMILES string of the molecule is [B]C1(C)CCCC(N(C)C(=O)CC)C1C=C(C)C. The number of hydrogen-bond acceptors (Lipinski definition) is 1. The monoisotopic (exact) mass is 247 g/mol. The average molecular weight is 247 g/mol. The molecule has 100 valence electrons. The van der Waals surface area contributed by atoms with Crippen LogP contribution in [-0.4, -0.2) is 31.7 Å². The summed E-state index contributed by atoms with van der Waals surface area (Å²) in [5.74, 6) is 0.474. The summed E-state index contributed by atoms with van der Waals surface area (Å²) in [6, 6.07) is 0.246. The van der Waals surface area contributed by atoms with E-state index in [1.165, 1.54) is 5.57 Å². The largest absolute Gasteiger partial charge is 0.342 e. The molecule has 0 saturated heterocycles. The molecule has 2 radical (unpaired) electrons. The molecule has 0 aromatic carbocycles. The molecule has 3 atom stereocenters. The average Bonchev–Trinajstić information content (AvgIpc) is 2.29. The van der Waals surface area contributed by atoms with Crippen LogP contribution >= 0.6 is 0 Å². The van der Waals surface area contributed by atoms with Crippen molar-refractivity contribution in [1.29, 1.82) is 0 Å². The Balaban J connectivity index is 2.99. The Labute approximate surface area is 113 Å². The molecule has 1 saturated carbocycles. The van der Waals surface area contributed by atoms with E-state index in [-0.39, 0.29) is 23.2 Å². The minimum Gasteiger partial charge on any atom is -0.342 e. The van der Waals surface area contributed by atoms with Crippen LogP contribution in [0.4, 0.5) is 0 Å². The fourth-order valence-electron chi connectivity index (χ4n) is 3.01. The molecule has 0 aromatic heterocycles. The van der Waals surface area contributed by atoms with Crippen molar-refractivity contribution in [2.24, 2.45) is 5.92 Å². The third kappa shape index (κ3) is 3.40. The molecule has 0 N–H and O–H groups in total. The van der Waals surface area contributed by atoms with E-state index < -0.39 is 0 Å². The predicted molar refractivity (Wildman–Crippen MR) is 77.7 cm³/mol. The Morgan fingerprint density at radius 3 is 2.61 bits per heavy atom. The van der Waals surface area contributed by atoms with E-state index in [9.17, 15) is 4.79 Å². The number of carbonyl (C=O) groups excluding carboxylic acids is 1. The highest BCUT2D eigenvalue weighted by Gasteiger charge is 2.39. The summed E-state index contributed by atoms with van der Waals surface area (Å²) in [7, 11) is 8.38. The van der Waals surface area contributed by atoms with E-state index in [4.69, 9.17) is 7.85 Å². The molecular formula is C15H26BNO. The predicted octanol–water partition coefficient (Wildman–Crippen LogP) is 3.34. The summed E-state index contributed by atoms with van der Waals surface area (Å²) in [5.41, 5.74) is 1.28. The van der Waals surface area contributed by atoms with Crippen molar-refractivity contribution >= 4 is 13.8 Å². The van der Waals surface area contributed by atoms with Gasteiger partial charge in [-0.2, -0.15) is 0 Å². The van der Waals surface area contributed by atoms with Gasteiger partial charge in [-0.15, -0.1) is 0 Å². The molecule has 0 aliphatic heterocycles. The molecule has 1 fully saturated rings. The standard InChI is InChI=1S/C15H26BNO/c1-6-14(18)17(5)13-8-7-9-15(4,16)12(13)10-11(2)3/h10,12-13H,6-9H2,1-5H3. The van der Waals surface area contributed by atoms with Crippen molar-refractivity contribution in [3.05, 3.63) is 11.6 Å². The van der Waals surface area contributed by atoms with Crippen molar-refractivity contribution in [2.45, 2.75) is 64.7 Å². The van der Waals surface area contributed by atoms with E-state index in [0.717, 1.165) is 19.3 Å². The van der Waals surface area contributed by atoms with Gasteiger partial charge in [0.15, 0.2) is 0 Å². The van der Waals surface area contributed by atoms with Crippen LogP contribution in [0.2, 0.25) is 5.31 Å². The summed E-state index contributed by atoms with van der Waals surface area (Å²) in [6.45, 7) is 8.24. The van der Waals surface area contributed by atoms with Gasteiger partial charge >= 0.3 is 0 Å². The molecule has 3 heteroatoms. The van der Waals surface area contributed by atoms with Crippen LogP contribution in [-0.2, 0) is 4.79 Å². The van der Waals surface area contributed by atoms with Gasteiger partial charge in [0.1, 0.15) is 0 Å². The van der Waals surface area contributed by atoms with Gasteiger partial charge in [-0.3, -0.25) is 4.79 Å². The van der Waals surface area contributed by atoms with Gasteiger partial charge in [0.05, 0.1) is 7.85 Å². The lowest BCUT2D eigenvalue weighted by Gasteiger charge is -2.47. The number of allylic oxidation sites excluding steroid dienone is 1. The highest BCUT2D eigenvalue weighted by molar-refractivity contribution is 6.15. The molecule has 18 heavy (non-hydrogen) atoms. The molecule has 3 unspecified atom stereocenters. The normalized spacial score (nSPS) is 31.8.